The SMILES string of the molecule is CCCC1C(C)C(C)C1CC. The van der Waals surface area contributed by atoms with Gasteiger partial charge in [0.2, 0.25) is 0 Å². The molecular weight excluding hydrogens is 132 g/mol. The number of hydrogen-bond donors (Lipinski definition) is 0. The fraction of sp³-hybridized carbons (Fsp3) is 1.00. The van der Waals surface area contributed by atoms with Gasteiger partial charge in [-0.15, -0.1) is 0 Å². The van der Waals surface area contributed by atoms with E-state index in [4.69, 9.17) is 0 Å². The minimum absolute atomic E-state index is 0.997. The van der Waals surface area contributed by atoms with E-state index in [1.165, 1.54) is 19.3 Å². The second kappa shape index (κ2) is 3.60. The molecule has 0 bridgehead atoms. The van der Waals surface area contributed by atoms with Crippen molar-refractivity contribution in [3.8, 4) is 0 Å². The standard InChI is InChI=1S/C11H22/c1-5-7-11-9(4)8(3)10(11)6-2/h8-11H,5-7H2,1-4H3. The van der Waals surface area contributed by atoms with Crippen molar-refractivity contribution in [3.63, 3.8) is 0 Å². The fourth-order valence-electron chi connectivity index (χ4n) is 2.90. The summed E-state index contributed by atoms with van der Waals surface area (Å²) in [4.78, 5) is 0. The molecule has 0 aliphatic heterocycles. The second-order valence-corrected chi connectivity index (χ2v) is 4.24. The monoisotopic (exact) mass is 154 g/mol. The minimum Gasteiger partial charge on any atom is -0.0654 e. The van der Waals surface area contributed by atoms with Crippen LogP contribution in [-0.2, 0) is 0 Å². The normalized spacial score (nSPS) is 43.6. The van der Waals surface area contributed by atoms with E-state index in [-0.39, 0.29) is 0 Å². The predicted molar refractivity (Wildman–Crippen MR) is 50.5 cm³/mol. The van der Waals surface area contributed by atoms with Gasteiger partial charge in [-0.2, -0.15) is 0 Å². The first-order valence-electron chi connectivity index (χ1n) is 5.22. The molecule has 1 fully saturated rings. The fourth-order valence-corrected chi connectivity index (χ4v) is 2.90. The maximum absolute atomic E-state index is 2.43. The van der Waals surface area contributed by atoms with Crippen molar-refractivity contribution in [2.75, 3.05) is 0 Å². The first kappa shape index (κ1) is 9.09. The Morgan fingerprint density at radius 3 is 1.91 bits per heavy atom. The summed E-state index contributed by atoms with van der Waals surface area (Å²) in [7, 11) is 0. The molecule has 0 nitrogen and oxygen atoms in total. The van der Waals surface area contributed by atoms with Crippen molar-refractivity contribution in [2.24, 2.45) is 23.7 Å². The molecule has 0 heteroatoms. The molecule has 0 heterocycles. The lowest BCUT2D eigenvalue weighted by Crippen LogP contribution is -2.43. The molecule has 0 amide bonds. The number of hydrogen-bond acceptors (Lipinski definition) is 0. The van der Waals surface area contributed by atoms with E-state index in [2.05, 4.69) is 27.7 Å². The van der Waals surface area contributed by atoms with E-state index < -0.39 is 0 Å². The summed E-state index contributed by atoms with van der Waals surface area (Å²) >= 11 is 0. The van der Waals surface area contributed by atoms with Crippen molar-refractivity contribution >= 4 is 0 Å². The minimum atomic E-state index is 0.997. The smallest absolute Gasteiger partial charge is 0.0355 e. The summed E-state index contributed by atoms with van der Waals surface area (Å²) < 4.78 is 0. The first-order valence-corrected chi connectivity index (χ1v) is 5.22. The topological polar surface area (TPSA) is 0 Å². The van der Waals surface area contributed by atoms with Crippen LogP contribution in [0.15, 0.2) is 0 Å². The largest absolute Gasteiger partial charge is 0.0654 e. The van der Waals surface area contributed by atoms with Crippen LogP contribution < -0.4 is 0 Å². The maximum Gasteiger partial charge on any atom is -0.0355 e. The molecule has 0 radical (unpaired) electrons. The van der Waals surface area contributed by atoms with Crippen LogP contribution in [0.25, 0.3) is 0 Å². The molecule has 1 aliphatic carbocycles. The zero-order valence-electron chi connectivity index (χ0n) is 8.43. The van der Waals surface area contributed by atoms with E-state index in [1.54, 1.807) is 0 Å². The molecule has 0 saturated heterocycles. The summed E-state index contributed by atoms with van der Waals surface area (Å²) in [6.07, 6.45) is 4.23. The molecule has 1 rings (SSSR count). The average molecular weight is 154 g/mol. The summed E-state index contributed by atoms with van der Waals surface area (Å²) in [6.45, 7) is 9.50. The van der Waals surface area contributed by atoms with Crippen LogP contribution in [-0.4, -0.2) is 0 Å². The molecular formula is C11H22. The molecule has 4 atom stereocenters. The quantitative estimate of drug-likeness (QED) is 0.581. The van der Waals surface area contributed by atoms with Gasteiger partial charge in [0.05, 0.1) is 0 Å². The molecule has 0 N–H and O–H groups in total. The van der Waals surface area contributed by atoms with Gasteiger partial charge in [0.25, 0.3) is 0 Å². The van der Waals surface area contributed by atoms with Crippen LogP contribution in [0.5, 0.6) is 0 Å². The molecule has 4 unspecified atom stereocenters. The lowest BCUT2D eigenvalue weighted by molar-refractivity contribution is -0.00657. The van der Waals surface area contributed by atoms with Crippen LogP contribution in [0.2, 0.25) is 0 Å². The van der Waals surface area contributed by atoms with Crippen LogP contribution >= 0.6 is 0 Å². The maximum atomic E-state index is 2.43. The Bertz CT molecular complexity index is 117. The molecule has 0 aromatic rings. The lowest BCUT2D eigenvalue weighted by atomic mass is 9.56. The highest BCUT2D eigenvalue weighted by Crippen LogP contribution is 2.49. The molecule has 0 aromatic carbocycles. The Hall–Kier alpha value is 0. The summed E-state index contributed by atoms with van der Waals surface area (Å²) in [6, 6.07) is 0. The van der Waals surface area contributed by atoms with Crippen LogP contribution in [0.4, 0.5) is 0 Å². The summed E-state index contributed by atoms with van der Waals surface area (Å²) in [5.41, 5.74) is 0. The van der Waals surface area contributed by atoms with Gasteiger partial charge in [-0.05, 0) is 23.7 Å². The van der Waals surface area contributed by atoms with Crippen LogP contribution in [0.1, 0.15) is 47.0 Å². The summed E-state index contributed by atoms with van der Waals surface area (Å²) in [5.74, 6) is 4.10. The van der Waals surface area contributed by atoms with E-state index in [0.717, 1.165) is 23.7 Å². The first-order chi connectivity index (χ1) is 5.22. The predicted octanol–water partition coefficient (Wildman–Crippen LogP) is 3.71. The Balaban J connectivity index is 2.39. The highest BCUT2D eigenvalue weighted by atomic mass is 14.5. The molecule has 0 aromatic heterocycles. The van der Waals surface area contributed by atoms with Crippen molar-refractivity contribution in [2.45, 2.75) is 47.0 Å². The average Bonchev–Trinajstić information content (AvgIpc) is 2.04. The van der Waals surface area contributed by atoms with Crippen molar-refractivity contribution in [1.82, 2.24) is 0 Å². The van der Waals surface area contributed by atoms with Crippen molar-refractivity contribution in [1.29, 1.82) is 0 Å². The van der Waals surface area contributed by atoms with Crippen molar-refractivity contribution in [3.05, 3.63) is 0 Å². The third-order valence-electron chi connectivity index (χ3n) is 3.82. The van der Waals surface area contributed by atoms with E-state index >= 15 is 0 Å². The highest BCUT2D eigenvalue weighted by Gasteiger charge is 2.42. The van der Waals surface area contributed by atoms with Gasteiger partial charge in [-0.3, -0.25) is 0 Å². The lowest BCUT2D eigenvalue weighted by Gasteiger charge is -2.49. The van der Waals surface area contributed by atoms with Crippen LogP contribution in [0, 0.1) is 23.7 Å². The zero-order valence-corrected chi connectivity index (χ0v) is 8.43. The van der Waals surface area contributed by atoms with Gasteiger partial charge in [0, 0.05) is 0 Å². The molecule has 1 aliphatic rings. The van der Waals surface area contributed by atoms with Gasteiger partial charge in [-0.25, -0.2) is 0 Å². The van der Waals surface area contributed by atoms with Gasteiger partial charge in [-0.1, -0.05) is 47.0 Å². The van der Waals surface area contributed by atoms with Crippen LogP contribution in [0.3, 0.4) is 0 Å². The number of rotatable bonds is 3. The molecule has 1 saturated carbocycles. The third kappa shape index (κ3) is 1.45. The Morgan fingerprint density at radius 2 is 1.45 bits per heavy atom. The Kier molecular flexibility index (Phi) is 2.98. The molecule has 0 spiro atoms. The van der Waals surface area contributed by atoms with E-state index in [9.17, 15) is 0 Å². The zero-order chi connectivity index (χ0) is 8.43. The Labute approximate surface area is 71.4 Å². The van der Waals surface area contributed by atoms with Gasteiger partial charge in [0.1, 0.15) is 0 Å². The second-order valence-electron chi connectivity index (χ2n) is 4.24. The van der Waals surface area contributed by atoms with E-state index in [1.807, 2.05) is 0 Å². The van der Waals surface area contributed by atoms with E-state index in [0.29, 0.717) is 0 Å². The molecule has 66 valence electrons. The Morgan fingerprint density at radius 1 is 0.909 bits per heavy atom. The van der Waals surface area contributed by atoms with Gasteiger partial charge in [0.15, 0.2) is 0 Å². The third-order valence-corrected chi connectivity index (χ3v) is 3.82. The van der Waals surface area contributed by atoms with Crippen molar-refractivity contribution < 1.29 is 0 Å². The van der Waals surface area contributed by atoms with Gasteiger partial charge < -0.3 is 0 Å². The highest BCUT2D eigenvalue weighted by molar-refractivity contribution is 4.91. The molecule has 11 heavy (non-hydrogen) atoms. The summed E-state index contributed by atoms with van der Waals surface area (Å²) in [5, 5.41) is 0. The van der Waals surface area contributed by atoms with Gasteiger partial charge >= 0.3 is 0 Å².